The van der Waals surface area contributed by atoms with Crippen molar-refractivity contribution in [2.75, 3.05) is 13.1 Å². The predicted molar refractivity (Wildman–Crippen MR) is 92.7 cm³/mol. The van der Waals surface area contributed by atoms with E-state index in [4.69, 9.17) is 0 Å². The Hall–Kier alpha value is -2.21. The highest BCUT2D eigenvalue weighted by molar-refractivity contribution is 5.76. The van der Waals surface area contributed by atoms with Gasteiger partial charge in [0.25, 0.3) is 0 Å². The molecule has 1 aromatic heterocycles. The molecule has 24 heavy (non-hydrogen) atoms. The van der Waals surface area contributed by atoms with E-state index in [2.05, 4.69) is 20.7 Å². The third-order valence-corrected chi connectivity index (χ3v) is 4.69. The van der Waals surface area contributed by atoms with Crippen molar-refractivity contribution in [1.29, 1.82) is 0 Å². The third kappa shape index (κ3) is 4.41. The molecule has 1 aromatic carbocycles. The second kappa shape index (κ2) is 8.06. The van der Waals surface area contributed by atoms with Gasteiger partial charge in [-0.05, 0) is 62.9 Å². The number of hydrogen-bond acceptors (Lipinski definition) is 4. The molecule has 6 nitrogen and oxygen atoms in total. The Labute approximate surface area is 142 Å². The van der Waals surface area contributed by atoms with Crippen LogP contribution in [0.1, 0.15) is 44.2 Å². The van der Waals surface area contributed by atoms with Crippen LogP contribution >= 0.6 is 0 Å². The molecule has 1 saturated heterocycles. The summed E-state index contributed by atoms with van der Waals surface area (Å²) in [5, 5.41) is 10.6. The van der Waals surface area contributed by atoms with Gasteiger partial charge in [0.2, 0.25) is 5.91 Å². The fourth-order valence-corrected chi connectivity index (χ4v) is 3.16. The lowest BCUT2D eigenvalue weighted by atomic mass is 9.93. The Morgan fingerprint density at radius 2 is 2.08 bits per heavy atom. The monoisotopic (exact) mass is 327 g/mol. The van der Waals surface area contributed by atoms with E-state index in [0.717, 1.165) is 30.8 Å². The molecule has 1 amide bonds. The van der Waals surface area contributed by atoms with Gasteiger partial charge >= 0.3 is 0 Å². The van der Waals surface area contributed by atoms with E-state index >= 15 is 0 Å². The van der Waals surface area contributed by atoms with Gasteiger partial charge in [0.05, 0.1) is 11.7 Å². The number of benzene rings is 1. The molecule has 0 aliphatic carbocycles. The lowest BCUT2D eigenvalue weighted by Gasteiger charge is -2.22. The maximum atomic E-state index is 12.2. The number of carbonyl (C=O) groups is 1. The van der Waals surface area contributed by atoms with Gasteiger partial charge < -0.3 is 10.6 Å². The quantitative estimate of drug-likeness (QED) is 0.853. The summed E-state index contributed by atoms with van der Waals surface area (Å²) in [6.45, 7) is 4.19. The predicted octanol–water partition coefficient (Wildman–Crippen LogP) is 2.22. The zero-order valence-corrected chi connectivity index (χ0v) is 14.1. The van der Waals surface area contributed by atoms with Crippen molar-refractivity contribution in [3.63, 3.8) is 0 Å². The Kier molecular flexibility index (Phi) is 5.59. The van der Waals surface area contributed by atoms with Gasteiger partial charge in [-0.1, -0.05) is 12.1 Å². The molecule has 0 radical (unpaired) electrons. The Bertz CT molecular complexity index is 632. The smallest absolute Gasteiger partial charge is 0.220 e. The molecule has 0 bridgehead atoms. The van der Waals surface area contributed by atoms with E-state index in [9.17, 15) is 4.79 Å². The van der Waals surface area contributed by atoms with Crippen molar-refractivity contribution >= 4 is 5.91 Å². The van der Waals surface area contributed by atoms with E-state index in [1.54, 1.807) is 11.0 Å². The number of nitrogens with one attached hydrogen (secondary N) is 2. The maximum absolute atomic E-state index is 12.2. The molecule has 1 unspecified atom stereocenters. The first kappa shape index (κ1) is 16.6. The van der Waals surface area contributed by atoms with Gasteiger partial charge in [-0.25, -0.2) is 9.67 Å². The zero-order valence-electron chi connectivity index (χ0n) is 14.1. The van der Waals surface area contributed by atoms with E-state index in [1.165, 1.54) is 19.2 Å². The minimum atomic E-state index is 0.00955. The summed E-state index contributed by atoms with van der Waals surface area (Å²) in [5.74, 6) is 0.829. The second-order valence-corrected chi connectivity index (χ2v) is 6.45. The van der Waals surface area contributed by atoms with Crippen molar-refractivity contribution in [2.24, 2.45) is 5.92 Å². The second-order valence-electron chi connectivity index (χ2n) is 6.45. The molecule has 2 N–H and O–H groups in total. The minimum Gasteiger partial charge on any atom is -0.350 e. The average Bonchev–Trinajstić information content (AvgIpc) is 3.16. The largest absolute Gasteiger partial charge is 0.350 e. The number of hydrogen-bond donors (Lipinski definition) is 2. The van der Waals surface area contributed by atoms with Crippen LogP contribution in [-0.2, 0) is 4.79 Å². The molecule has 6 heteroatoms. The van der Waals surface area contributed by atoms with Gasteiger partial charge in [0.1, 0.15) is 12.7 Å². The number of rotatable bonds is 6. The maximum Gasteiger partial charge on any atom is 0.220 e. The van der Waals surface area contributed by atoms with Gasteiger partial charge in [-0.2, -0.15) is 5.10 Å². The van der Waals surface area contributed by atoms with Crippen molar-refractivity contribution in [3.8, 4) is 5.69 Å². The summed E-state index contributed by atoms with van der Waals surface area (Å²) in [4.78, 5) is 16.1. The van der Waals surface area contributed by atoms with Gasteiger partial charge in [0, 0.05) is 6.42 Å². The molecule has 1 atom stereocenters. The van der Waals surface area contributed by atoms with Crippen LogP contribution in [0.3, 0.4) is 0 Å². The average molecular weight is 327 g/mol. The number of piperidine rings is 1. The zero-order chi connectivity index (χ0) is 16.8. The Morgan fingerprint density at radius 3 is 2.75 bits per heavy atom. The molecule has 3 rings (SSSR count). The van der Waals surface area contributed by atoms with Crippen molar-refractivity contribution in [1.82, 2.24) is 25.4 Å². The summed E-state index contributed by atoms with van der Waals surface area (Å²) in [6.07, 6.45) is 7.16. The Morgan fingerprint density at radius 1 is 1.33 bits per heavy atom. The van der Waals surface area contributed by atoms with Gasteiger partial charge in [-0.3, -0.25) is 4.79 Å². The molecule has 2 aromatic rings. The standard InChI is InChI=1S/C18H25N5O/c1-14(22-18(24)7-2-15-8-10-19-11-9-15)16-3-5-17(6-4-16)23-13-20-12-21-23/h3-6,12-15,19H,2,7-11H2,1H3,(H,22,24). The van der Waals surface area contributed by atoms with E-state index in [1.807, 2.05) is 31.2 Å². The van der Waals surface area contributed by atoms with Crippen LogP contribution in [0.5, 0.6) is 0 Å². The summed E-state index contributed by atoms with van der Waals surface area (Å²) in [7, 11) is 0. The number of carbonyl (C=O) groups excluding carboxylic acids is 1. The molecule has 1 fully saturated rings. The first-order valence-corrected chi connectivity index (χ1v) is 8.67. The molecule has 0 saturated carbocycles. The number of nitrogens with zero attached hydrogens (tertiary/aromatic N) is 3. The van der Waals surface area contributed by atoms with Crippen LogP contribution in [-0.4, -0.2) is 33.8 Å². The van der Waals surface area contributed by atoms with E-state index < -0.39 is 0 Å². The van der Waals surface area contributed by atoms with Crippen molar-refractivity contribution in [3.05, 3.63) is 42.5 Å². The van der Waals surface area contributed by atoms with Gasteiger partial charge in [-0.15, -0.1) is 0 Å². The topological polar surface area (TPSA) is 71.8 Å². The van der Waals surface area contributed by atoms with Crippen LogP contribution in [0, 0.1) is 5.92 Å². The Balaban J connectivity index is 1.48. The molecule has 2 heterocycles. The third-order valence-electron chi connectivity index (χ3n) is 4.69. The highest BCUT2D eigenvalue weighted by Crippen LogP contribution is 2.19. The molecule has 1 aliphatic heterocycles. The first-order chi connectivity index (χ1) is 11.7. The highest BCUT2D eigenvalue weighted by atomic mass is 16.1. The normalized spacial score (nSPS) is 16.7. The van der Waals surface area contributed by atoms with Gasteiger partial charge in [0.15, 0.2) is 0 Å². The minimum absolute atomic E-state index is 0.00955. The lowest BCUT2D eigenvalue weighted by Crippen LogP contribution is -2.30. The fourth-order valence-electron chi connectivity index (χ4n) is 3.16. The molecule has 0 spiro atoms. The number of aromatic nitrogens is 3. The lowest BCUT2D eigenvalue weighted by molar-refractivity contribution is -0.122. The summed E-state index contributed by atoms with van der Waals surface area (Å²) in [6, 6.07) is 8.03. The molecular formula is C18H25N5O. The molecule has 1 aliphatic rings. The summed E-state index contributed by atoms with van der Waals surface area (Å²) in [5.41, 5.74) is 2.05. The van der Waals surface area contributed by atoms with Crippen LogP contribution < -0.4 is 10.6 Å². The summed E-state index contributed by atoms with van der Waals surface area (Å²) < 4.78 is 1.71. The van der Waals surface area contributed by atoms with Crippen LogP contribution in [0.4, 0.5) is 0 Å². The SMILES string of the molecule is CC(NC(=O)CCC1CCNCC1)c1ccc(-n2cncn2)cc1. The van der Waals surface area contributed by atoms with Crippen LogP contribution in [0.2, 0.25) is 0 Å². The van der Waals surface area contributed by atoms with Crippen LogP contribution in [0.15, 0.2) is 36.9 Å². The molecular weight excluding hydrogens is 302 g/mol. The number of amides is 1. The summed E-state index contributed by atoms with van der Waals surface area (Å²) >= 11 is 0. The highest BCUT2D eigenvalue weighted by Gasteiger charge is 2.15. The van der Waals surface area contributed by atoms with E-state index in [0.29, 0.717) is 12.3 Å². The molecule has 128 valence electrons. The van der Waals surface area contributed by atoms with Crippen molar-refractivity contribution in [2.45, 2.75) is 38.6 Å². The van der Waals surface area contributed by atoms with Crippen molar-refractivity contribution < 1.29 is 4.79 Å². The van der Waals surface area contributed by atoms with E-state index in [-0.39, 0.29) is 11.9 Å². The van der Waals surface area contributed by atoms with Crippen LogP contribution in [0.25, 0.3) is 5.69 Å². The first-order valence-electron chi connectivity index (χ1n) is 8.67. The fraction of sp³-hybridized carbons (Fsp3) is 0.500.